The molecule has 0 spiro atoms. The van der Waals surface area contributed by atoms with Gasteiger partial charge in [0, 0.05) is 21.3 Å². The third kappa shape index (κ3) is 3.24. The van der Waals surface area contributed by atoms with E-state index in [1.54, 1.807) is 18.2 Å². The topological polar surface area (TPSA) is 49.3 Å². The maximum absolute atomic E-state index is 11.5. The summed E-state index contributed by atoms with van der Waals surface area (Å²) < 4.78 is 0. The Morgan fingerprint density at radius 2 is 1.90 bits per heavy atom. The molecule has 0 aromatic heterocycles. The van der Waals surface area contributed by atoms with Gasteiger partial charge in [-0.1, -0.05) is 41.4 Å². The molecule has 2 N–H and O–H groups in total. The molecule has 3 nitrogen and oxygen atoms in total. The maximum atomic E-state index is 11.5. The molecule has 0 fully saturated rings. The molecular weight excluding hydrogens is 297 g/mol. The van der Waals surface area contributed by atoms with Crippen LogP contribution in [0.25, 0.3) is 0 Å². The van der Waals surface area contributed by atoms with E-state index < -0.39 is 12.0 Å². The number of aryl methyl sites for hydroxylation is 1. The van der Waals surface area contributed by atoms with Gasteiger partial charge < -0.3 is 10.4 Å². The van der Waals surface area contributed by atoms with Crippen molar-refractivity contribution in [2.75, 3.05) is 5.32 Å². The molecule has 104 valence electrons. The van der Waals surface area contributed by atoms with E-state index in [1.807, 2.05) is 31.2 Å². The van der Waals surface area contributed by atoms with E-state index in [2.05, 4.69) is 5.32 Å². The monoisotopic (exact) mass is 309 g/mol. The Morgan fingerprint density at radius 1 is 1.20 bits per heavy atom. The second kappa shape index (κ2) is 6.16. The van der Waals surface area contributed by atoms with E-state index in [1.165, 1.54) is 0 Å². The van der Waals surface area contributed by atoms with Gasteiger partial charge in [0.1, 0.15) is 0 Å². The summed E-state index contributed by atoms with van der Waals surface area (Å²) in [5.74, 6) is -1.02. The number of hydrogen-bond acceptors (Lipinski definition) is 2. The van der Waals surface area contributed by atoms with Gasteiger partial charge in [-0.3, -0.25) is 0 Å². The van der Waals surface area contributed by atoms with Crippen LogP contribution in [0.2, 0.25) is 10.0 Å². The summed E-state index contributed by atoms with van der Waals surface area (Å²) in [5, 5.41) is 13.2. The minimum atomic E-state index is -1.02. The predicted octanol–water partition coefficient (Wildman–Crippen LogP) is 4.54. The van der Waals surface area contributed by atoms with Crippen molar-refractivity contribution in [2.24, 2.45) is 0 Å². The zero-order valence-electron chi connectivity index (χ0n) is 10.7. The van der Waals surface area contributed by atoms with E-state index in [-0.39, 0.29) is 0 Å². The van der Waals surface area contributed by atoms with Gasteiger partial charge in [-0.05, 0) is 36.8 Å². The number of aliphatic carboxylic acids is 1. The molecule has 1 atom stereocenters. The van der Waals surface area contributed by atoms with Gasteiger partial charge in [0.15, 0.2) is 6.04 Å². The molecule has 20 heavy (non-hydrogen) atoms. The molecule has 0 saturated heterocycles. The molecule has 0 radical (unpaired) electrons. The number of halogens is 2. The van der Waals surface area contributed by atoms with Crippen LogP contribution in [0.3, 0.4) is 0 Å². The number of para-hydroxylation sites is 1. The second-order valence-electron chi connectivity index (χ2n) is 4.40. The second-order valence-corrected chi connectivity index (χ2v) is 5.24. The highest BCUT2D eigenvalue weighted by Gasteiger charge is 2.23. The molecule has 0 aliphatic heterocycles. The Labute approximate surface area is 127 Å². The largest absolute Gasteiger partial charge is 0.479 e. The van der Waals surface area contributed by atoms with Gasteiger partial charge in [-0.25, -0.2) is 4.79 Å². The molecule has 2 rings (SSSR count). The average Bonchev–Trinajstić information content (AvgIpc) is 2.40. The quantitative estimate of drug-likeness (QED) is 0.871. The molecule has 2 aromatic carbocycles. The lowest BCUT2D eigenvalue weighted by Crippen LogP contribution is -2.21. The summed E-state index contributed by atoms with van der Waals surface area (Å²) in [7, 11) is 0. The number of carboxylic acids is 1. The van der Waals surface area contributed by atoms with Crippen molar-refractivity contribution in [1.82, 2.24) is 0 Å². The molecule has 2 aromatic rings. The van der Waals surface area contributed by atoms with E-state index in [0.29, 0.717) is 15.6 Å². The first-order chi connectivity index (χ1) is 9.49. The fourth-order valence-corrected chi connectivity index (χ4v) is 2.31. The number of benzene rings is 2. The third-order valence-corrected chi connectivity index (χ3v) is 3.54. The standard InChI is InChI=1S/C15H13Cl2NO2/c1-9-4-2-3-5-13(9)18-14(15(19)20)11-8-10(16)6-7-12(11)17/h2-8,14,18H,1H3,(H,19,20). The van der Waals surface area contributed by atoms with Crippen LogP contribution in [0.5, 0.6) is 0 Å². The van der Waals surface area contributed by atoms with E-state index in [4.69, 9.17) is 23.2 Å². The zero-order chi connectivity index (χ0) is 14.7. The molecule has 0 heterocycles. The zero-order valence-corrected chi connectivity index (χ0v) is 12.2. The lowest BCUT2D eigenvalue weighted by atomic mass is 10.1. The highest BCUT2D eigenvalue weighted by Crippen LogP contribution is 2.30. The SMILES string of the molecule is Cc1ccccc1NC(C(=O)O)c1cc(Cl)ccc1Cl. The van der Waals surface area contributed by atoms with E-state index in [9.17, 15) is 9.90 Å². The third-order valence-electron chi connectivity index (χ3n) is 2.96. The van der Waals surface area contributed by atoms with Crippen molar-refractivity contribution >= 4 is 34.9 Å². The van der Waals surface area contributed by atoms with Crippen molar-refractivity contribution < 1.29 is 9.90 Å². The maximum Gasteiger partial charge on any atom is 0.330 e. The van der Waals surface area contributed by atoms with Gasteiger partial charge in [0.05, 0.1) is 0 Å². The lowest BCUT2D eigenvalue weighted by molar-refractivity contribution is -0.138. The van der Waals surface area contributed by atoms with Gasteiger partial charge in [-0.15, -0.1) is 0 Å². The molecule has 0 amide bonds. The van der Waals surface area contributed by atoms with Crippen LogP contribution in [0.15, 0.2) is 42.5 Å². The minimum Gasteiger partial charge on any atom is -0.479 e. The Bertz CT molecular complexity index is 644. The van der Waals surface area contributed by atoms with Crippen LogP contribution in [0.4, 0.5) is 5.69 Å². The normalized spacial score (nSPS) is 11.9. The number of nitrogens with one attached hydrogen (secondary N) is 1. The van der Waals surface area contributed by atoms with Crippen molar-refractivity contribution in [3.63, 3.8) is 0 Å². The van der Waals surface area contributed by atoms with E-state index in [0.717, 1.165) is 11.3 Å². The molecular formula is C15H13Cl2NO2. The minimum absolute atomic E-state index is 0.364. The molecule has 0 aliphatic carbocycles. The Morgan fingerprint density at radius 3 is 2.55 bits per heavy atom. The lowest BCUT2D eigenvalue weighted by Gasteiger charge is -2.19. The summed E-state index contributed by atoms with van der Waals surface area (Å²) in [6.07, 6.45) is 0. The van der Waals surface area contributed by atoms with Crippen molar-refractivity contribution in [2.45, 2.75) is 13.0 Å². The van der Waals surface area contributed by atoms with Crippen molar-refractivity contribution in [1.29, 1.82) is 0 Å². The molecule has 0 aliphatic rings. The molecule has 1 unspecified atom stereocenters. The average molecular weight is 310 g/mol. The molecule has 5 heteroatoms. The predicted molar refractivity (Wildman–Crippen MR) is 81.6 cm³/mol. The first kappa shape index (κ1) is 14.7. The molecule has 0 bridgehead atoms. The number of carboxylic acid groups (broad SMARTS) is 1. The Hall–Kier alpha value is -1.71. The Kier molecular flexibility index (Phi) is 4.53. The fraction of sp³-hybridized carbons (Fsp3) is 0.133. The van der Waals surface area contributed by atoms with Crippen LogP contribution in [0, 0.1) is 6.92 Å². The summed E-state index contributed by atoms with van der Waals surface area (Å²) in [6.45, 7) is 1.90. The van der Waals surface area contributed by atoms with Crippen LogP contribution in [0.1, 0.15) is 17.2 Å². The first-order valence-electron chi connectivity index (χ1n) is 5.99. The van der Waals surface area contributed by atoms with Gasteiger partial charge in [0.25, 0.3) is 0 Å². The number of carbonyl (C=O) groups is 1. The smallest absolute Gasteiger partial charge is 0.330 e. The van der Waals surface area contributed by atoms with Crippen LogP contribution >= 0.6 is 23.2 Å². The summed E-state index contributed by atoms with van der Waals surface area (Å²) in [6, 6.07) is 11.3. The fourth-order valence-electron chi connectivity index (χ4n) is 1.90. The van der Waals surface area contributed by atoms with Crippen LogP contribution in [-0.2, 0) is 4.79 Å². The molecule has 0 saturated carbocycles. The number of hydrogen-bond donors (Lipinski definition) is 2. The van der Waals surface area contributed by atoms with E-state index >= 15 is 0 Å². The highest BCUT2D eigenvalue weighted by atomic mass is 35.5. The Balaban J connectivity index is 2.40. The number of rotatable bonds is 4. The summed E-state index contributed by atoms with van der Waals surface area (Å²) >= 11 is 12.0. The van der Waals surface area contributed by atoms with Gasteiger partial charge >= 0.3 is 5.97 Å². The highest BCUT2D eigenvalue weighted by molar-refractivity contribution is 6.33. The summed E-state index contributed by atoms with van der Waals surface area (Å²) in [4.78, 5) is 11.5. The number of anilines is 1. The van der Waals surface area contributed by atoms with Gasteiger partial charge in [-0.2, -0.15) is 0 Å². The van der Waals surface area contributed by atoms with Crippen molar-refractivity contribution in [3.05, 3.63) is 63.6 Å². The van der Waals surface area contributed by atoms with Crippen LogP contribution in [-0.4, -0.2) is 11.1 Å². The van der Waals surface area contributed by atoms with Crippen LogP contribution < -0.4 is 5.32 Å². The summed E-state index contributed by atoms with van der Waals surface area (Å²) in [5.41, 5.74) is 2.14. The van der Waals surface area contributed by atoms with Gasteiger partial charge in [0.2, 0.25) is 0 Å². The van der Waals surface area contributed by atoms with Crippen molar-refractivity contribution in [3.8, 4) is 0 Å². The first-order valence-corrected chi connectivity index (χ1v) is 6.74.